The fraction of sp³-hybridized carbons (Fsp3) is 0.333. The highest BCUT2D eigenvalue weighted by Crippen LogP contribution is 2.37. The van der Waals surface area contributed by atoms with Gasteiger partial charge in [0.05, 0.1) is 21.0 Å². The number of hydrogen-bond acceptors (Lipinski definition) is 4. The first-order valence-corrected chi connectivity index (χ1v) is 9.20. The maximum Gasteiger partial charge on any atom is 0.266 e. The first-order chi connectivity index (χ1) is 10.5. The number of benzene rings is 1. The van der Waals surface area contributed by atoms with E-state index in [0.717, 1.165) is 25.4 Å². The van der Waals surface area contributed by atoms with Crippen LogP contribution in [-0.2, 0) is 4.79 Å². The second-order valence-corrected chi connectivity index (χ2v) is 7.15. The molecule has 0 saturated carbocycles. The molecule has 0 N–H and O–H groups in total. The van der Waals surface area contributed by atoms with E-state index in [0.29, 0.717) is 18.0 Å². The van der Waals surface area contributed by atoms with E-state index in [1.807, 2.05) is 32.1 Å². The van der Waals surface area contributed by atoms with Crippen LogP contribution in [0.5, 0.6) is 5.75 Å². The van der Waals surface area contributed by atoms with Crippen molar-refractivity contribution in [2.24, 2.45) is 4.99 Å². The van der Waals surface area contributed by atoms with Gasteiger partial charge in [-0.15, -0.1) is 0 Å². The second kappa shape index (κ2) is 7.66. The van der Waals surface area contributed by atoms with Gasteiger partial charge >= 0.3 is 0 Å². The number of rotatable bonds is 4. The number of ether oxygens (including phenoxy) is 1. The number of thioether (sulfide) groups is 1. The lowest BCUT2D eigenvalue weighted by Crippen LogP contribution is -2.28. The van der Waals surface area contributed by atoms with E-state index >= 15 is 0 Å². The molecule has 1 heterocycles. The first kappa shape index (κ1) is 17.6. The van der Waals surface area contributed by atoms with Crippen molar-refractivity contribution in [3.8, 4) is 5.75 Å². The highest BCUT2D eigenvalue weighted by molar-refractivity contribution is 9.11. The molecule has 1 fully saturated rings. The van der Waals surface area contributed by atoms with Crippen LogP contribution in [0.25, 0.3) is 6.08 Å². The summed E-state index contributed by atoms with van der Waals surface area (Å²) in [6, 6.07) is 3.85. The van der Waals surface area contributed by atoms with E-state index in [2.05, 4.69) is 36.9 Å². The number of carbonyl (C=O) groups excluding carboxylic acids is 1. The number of nitrogens with zero attached hydrogens (tertiary/aromatic N) is 2. The summed E-state index contributed by atoms with van der Waals surface area (Å²) >= 11 is 8.37. The number of likely N-dealkylation sites (N-methyl/N-ethyl adjacent to an activating group) is 1. The summed E-state index contributed by atoms with van der Waals surface area (Å²) in [5.74, 6) is 0.735. The first-order valence-electron chi connectivity index (χ1n) is 6.80. The fourth-order valence-corrected chi connectivity index (χ4v) is 4.70. The van der Waals surface area contributed by atoms with Gasteiger partial charge in [0, 0.05) is 13.1 Å². The van der Waals surface area contributed by atoms with E-state index in [9.17, 15) is 4.79 Å². The highest BCUT2D eigenvalue weighted by atomic mass is 79.9. The molecule has 1 saturated heterocycles. The number of aliphatic imine (C=N–C) groups is 1. The minimum Gasteiger partial charge on any atom is -0.494 e. The Morgan fingerprint density at radius 3 is 2.45 bits per heavy atom. The topological polar surface area (TPSA) is 41.9 Å². The van der Waals surface area contributed by atoms with E-state index in [1.54, 1.807) is 12.0 Å². The molecule has 2 rings (SSSR count). The number of amidine groups is 1. The van der Waals surface area contributed by atoms with Crippen molar-refractivity contribution >= 4 is 60.8 Å². The molecule has 22 heavy (non-hydrogen) atoms. The maximum atomic E-state index is 12.4. The summed E-state index contributed by atoms with van der Waals surface area (Å²) in [6.45, 7) is 5.20. The smallest absolute Gasteiger partial charge is 0.266 e. The van der Waals surface area contributed by atoms with Crippen LogP contribution < -0.4 is 4.74 Å². The molecule has 0 unspecified atom stereocenters. The molecule has 0 bridgehead atoms. The predicted molar refractivity (Wildman–Crippen MR) is 99.3 cm³/mol. The van der Waals surface area contributed by atoms with Gasteiger partial charge in [0.25, 0.3) is 5.91 Å². The fourth-order valence-electron chi connectivity index (χ4n) is 2.05. The quantitative estimate of drug-likeness (QED) is 0.636. The standard InChI is InChI=1S/C15H16Br2N2O2S/c1-4-18-15-19(5-2)14(20)12(22-15)8-9-6-10(16)13(21-3)11(17)7-9/h6-8H,4-5H2,1-3H3/b12-8+,18-15?. The number of amides is 1. The van der Waals surface area contributed by atoms with Crippen molar-refractivity contribution in [2.75, 3.05) is 20.2 Å². The third-order valence-electron chi connectivity index (χ3n) is 3.02. The minimum atomic E-state index is 0.00256. The Kier molecular flexibility index (Phi) is 6.11. The van der Waals surface area contributed by atoms with Crippen molar-refractivity contribution in [1.29, 1.82) is 0 Å². The summed E-state index contributed by atoms with van der Waals surface area (Å²) in [6.07, 6.45) is 1.88. The molecule has 0 spiro atoms. The van der Waals surface area contributed by atoms with E-state index in [4.69, 9.17) is 4.74 Å². The van der Waals surface area contributed by atoms with Crippen LogP contribution in [0.15, 0.2) is 31.0 Å². The molecule has 0 aliphatic carbocycles. The second-order valence-electron chi connectivity index (χ2n) is 4.43. The van der Waals surface area contributed by atoms with Gasteiger partial charge in [-0.1, -0.05) is 0 Å². The van der Waals surface area contributed by atoms with Crippen molar-refractivity contribution in [3.05, 3.63) is 31.5 Å². The van der Waals surface area contributed by atoms with Crippen LogP contribution in [0.2, 0.25) is 0 Å². The van der Waals surface area contributed by atoms with Gasteiger partial charge in [0.1, 0.15) is 5.75 Å². The summed E-state index contributed by atoms with van der Waals surface area (Å²) < 4.78 is 6.96. The Bertz CT molecular complexity index is 636. The Hall–Kier alpha value is -0.790. The zero-order valence-electron chi connectivity index (χ0n) is 12.5. The van der Waals surface area contributed by atoms with Gasteiger partial charge in [0.15, 0.2) is 5.17 Å². The SMILES string of the molecule is CCN=C1S/C(=C/c2cc(Br)c(OC)c(Br)c2)C(=O)N1CC. The van der Waals surface area contributed by atoms with Crippen molar-refractivity contribution in [3.63, 3.8) is 0 Å². The third-order valence-corrected chi connectivity index (χ3v) is 5.24. The zero-order chi connectivity index (χ0) is 16.3. The molecular weight excluding hydrogens is 432 g/mol. The normalized spacial score (nSPS) is 18.6. The monoisotopic (exact) mass is 446 g/mol. The van der Waals surface area contributed by atoms with Gasteiger partial charge < -0.3 is 4.74 Å². The Morgan fingerprint density at radius 1 is 1.32 bits per heavy atom. The molecular formula is C15H16Br2N2O2S. The lowest BCUT2D eigenvalue weighted by atomic mass is 10.2. The summed E-state index contributed by atoms with van der Waals surface area (Å²) in [5, 5.41) is 0.771. The zero-order valence-corrected chi connectivity index (χ0v) is 16.5. The van der Waals surface area contributed by atoms with E-state index in [1.165, 1.54) is 11.8 Å². The van der Waals surface area contributed by atoms with Crippen molar-refractivity contribution < 1.29 is 9.53 Å². The average molecular weight is 448 g/mol. The van der Waals surface area contributed by atoms with Crippen LogP contribution >= 0.6 is 43.6 Å². The number of methoxy groups -OCH3 is 1. The van der Waals surface area contributed by atoms with Gasteiger partial charge in [-0.25, -0.2) is 0 Å². The number of hydrogen-bond donors (Lipinski definition) is 0. The molecule has 4 nitrogen and oxygen atoms in total. The van der Waals surface area contributed by atoms with Crippen LogP contribution in [0.3, 0.4) is 0 Å². The average Bonchev–Trinajstić information content (AvgIpc) is 2.74. The number of halogens is 2. The minimum absolute atomic E-state index is 0.00256. The Balaban J connectivity index is 2.38. The number of carbonyl (C=O) groups is 1. The molecule has 1 aromatic rings. The Morgan fingerprint density at radius 2 is 1.95 bits per heavy atom. The summed E-state index contributed by atoms with van der Waals surface area (Å²) in [7, 11) is 1.62. The largest absolute Gasteiger partial charge is 0.494 e. The van der Waals surface area contributed by atoms with E-state index < -0.39 is 0 Å². The predicted octanol–water partition coefficient (Wildman–Crippen LogP) is 4.53. The summed E-state index contributed by atoms with van der Waals surface area (Å²) in [5.41, 5.74) is 0.921. The lowest BCUT2D eigenvalue weighted by molar-refractivity contribution is -0.122. The van der Waals surface area contributed by atoms with Crippen molar-refractivity contribution in [1.82, 2.24) is 4.90 Å². The highest BCUT2D eigenvalue weighted by Gasteiger charge is 2.31. The molecule has 0 radical (unpaired) electrons. The molecule has 1 aromatic carbocycles. The van der Waals surface area contributed by atoms with Crippen LogP contribution in [0.1, 0.15) is 19.4 Å². The van der Waals surface area contributed by atoms with Crippen molar-refractivity contribution in [2.45, 2.75) is 13.8 Å². The molecule has 7 heteroatoms. The molecule has 0 atom stereocenters. The van der Waals surface area contributed by atoms with Crippen LogP contribution in [0.4, 0.5) is 0 Å². The summed E-state index contributed by atoms with van der Waals surface area (Å²) in [4.78, 5) is 19.2. The van der Waals surface area contributed by atoms with Gasteiger partial charge in [-0.3, -0.25) is 14.7 Å². The van der Waals surface area contributed by atoms with Crippen LogP contribution in [-0.4, -0.2) is 36.2 Å². The molecule has 1 amide bonds. The molecule has 1 aliphatic rings. The molecule has 0 aromatic heterocycles. The third kappa shape index (κ3) is 3.58. The van der Waals surface area contributed by atoms with Gasteiger partial charge in [-0.2, -0.15) is 0 Å². The Labute approximate surface area is 151 Å². The van der Waals surface area contributed by atoms with Gasteiger partial charge in [-0.05, 0) is 81.2 Å². The van der Waals surface area contributed by atoms with E-state index in [-0.39, 0.29) is 5.91 Å². The van der Waals surface area contributed by atoms with Crippen LogP contribution in [0, 0.1) is 0 Å². The van der Waals surface area contributed by atoms with Gasteiger partial charge in [0.2, 0.25) is 0 Å². The maximum absolute atomic E-state index is 12.4. The molecule has 1 aliphatic heterocycles. The molecule has 118 valence electrons. The lowest BCUT2D eigenvalue weighted by Gasteiger charge is -2.11.